The van der Waals surface area contributed by atoms with Gasteiger partial charge in [0.05, 0.1) is 29.5 Å². The number of nitrogens with one attached hydrogen (secondary N) is 1. The average molecular weight is 271 g/mol. The highest BCUT2D eigenvalue weighted by Gasteiger charge is 2.46. The lowest BCUT2D eigenvalue weighted by Crippen LogP contribution is -2.29. The molecule has 18 heavy (non-hydrogen) atoms. The van der Waals surface area contributed by atoms with Crippen LogP contribution in [0.2, 0.25) is 5.02 Å². The summed E-state index contributed by atoms with van der Waals surface area (Å²) < 4.78 is 2.05. The Morgan fingerprint density at radius 2 is 2.22 bits per heavy atom. The fourth-order valence-corrected chi connectivity index (χ4v) is 2.68. The van der Waals surface area contributed by atoms with Gasteiger partial charge in [-0.2, -0.15) is 5.10 Å². The Labute approximate surface area is 114 Å². The van der Waals surface area contributed by atoms with Gasteiger partial charge in [-0.15, -0.1) is 0 Å². The Balaban J connectivity index is 2.22. The number of aromatic nitrogens is 2. The van der Waals surface area contributed by atoms with Gasteiger partial charge in [0.25, 0.3) is 0 Å². The van der Waals surface area contributed by atoms with Gasteiger partial charge in [-0.3, -0.25) is 4.68 Å². The minimum atomic E-state index is 0.301. The topological polar surface area (TPSA) is 33.1 Å². The van der Waals surface area contributed by atoms with Crippen LogP contribution in [0.5, 0.6) is 0 Å². The predicted molar refractivity (Wildman–Crippen MR) is 74.9 cm³/mol. The first-order valence-electron chi connectivity index (χ1n) is 6.51. The Kier molecular flexibility index (Phi) is 3.99. The maximum Gasteiger partial charge on any atom is 0.0834 e. The van der Waals surface area contributed by atoms with Crippen molar-refractivity contribution >= 4 is 11.6 Å². The van der Waals surface area contributed by atoms with Crippen LogP contribution in [0.25, 0.3) is 0 Å². The lowest BCUT2D eigenvalue weighted by atomic mass is 9.96. The molecule has 5 heteroatoms. The standard InChI is InChI=1S/C13H23ClN4/c1-13(5-6-13)12(15-2)11-10(14)9-16-18(11)8-7-17(3)4/h9,12,15H,5-8H2,1-4H3. The molecule has 1 aromatic heterocycles. The molecule has 1 unspecified atom stereocenters. The summed E-state index contributed by atoms with van der Waals surface area (Å²) in [5.74, 6) is 0. The Hall–Kier alpha value is -0.580. The van der Waals surface area contributed by atoms with Gasteiger partial charge in [0.15, 0.2) is 0 Å². The average Bonchev–Trinajstić information content (AvgIpc) is 2.95. The van der Waals surface area contributed by atoms with Gasteiger partial charge in [-0.1, -0.05) is 18.5 Å². The summed E-state index contributed by atoms with van der Waals surface area (Å²) in [5.41, 5.74) is 1.48. The molecule has 0 saturated heterocycles. The molecule has 1 N–H and O–H groups in total. The van der Waals surface area contributed by atoms with Crippen LogP contribution >= 0.6 is 11.6 Å². The van der Waals surface area contributed by atoms with Gasteiger partial charge in [0, 0.05) is 6.54 Å². The van der Waals surface area contributed by atoms with E-state index < -0.39 is 0 Å². The van der Waals surface area contributed by atoms with Crippen LogP contribution < -0.4 is 5.32 Å². The lowest BCUT2D eigenvalue weighted by molar-refractivity contribution is 0.335. The summed E-state index contributed by atoms with van der Waals surface area (Å²) in [5, 5.41) is 8.61. The highest BCUT2D eigenvalue weighted by molar-refractivity contribution is 6.31. The van der Waals surface area contributed by atoms with Crippen molar-refractivity contribution in [2.24, 2.45) is 5.41 Å². The summed E-state index contributed by atoms with van der Waals surface area (Å²) >= 11 is 6.33. The number of hydrogen-bond donors (Lipinski definition) is 1. The maximum atomic E-state index is 6.33. The summed E-state index contributed by atoms with van der Waals surface area (Å²) in [4.78, 5) is 2.16. The fourth-order valence-electron chi connectivity index (χ4n) is 2.43. The molecule has 1 atom stereocenters. The largest absolute Gasteiger partial charge is 0.311 e. The Morgan fingerprint density at radius 3 is 2.72 bits per heavy atom. The number of halogens is 1. The summed E-state index contributed by atoms with van der Waals surface area (Å²) in [6.45, 7) is 4.16. The second kappa shape index (κ2) is 5.19. The van der Waals surface area contributed by atoms with E-state index in [0.717, 1.165) is 23.8 Å². The molecule has 102 valence electrons. The molecule has 0 amide bonds. The fraction of sp³-hybridized carbons (Fsp3) is 0.769. The molecule has 2 rings (SSSR count). The highest BCUT2D eigenvalue weighted by Crippen LogP contribution is 2.55. The molecule has 1 saturated carbocycles. The van der Waals surface area contributed by atoms with Crippen molar-refractivity contribution < 1.29 is 0 Å². The van der Waals surface area contributed by atoms with Crippen LogP contribution in [0.3, 0.4) is 0 Å². The molecule has 1 fully saturated rings. The molecule has 4 nitrogen and oxygen atoms in total. The number of hydrogen-bond acceptors (Lipinski definition) is 3. The van der Waals surface area contributed by atoms with E-state index in [4.69, 9.17) is 11.6 Å². The van der Waals surface area contributed by atoms with Crippen LogP contribution in [-0.2, 0) is 6.54 Å². The van der Waals surface area contributed by atoms with Crippen molar-refractivity contribution in [3.05, 3.63) is 16.9 Å². The van der Waals surface area contributed by atoms with Gasteiger partial charge in [-0.25, -0.2) is 0 Å². The lowest BCUT2D eigenvalue weighted by Gasteiger charge is -2.25. The molecule has 1 aromatic rings. The van der Waals surface area contributed by atoms with Crippen molar-refractivity contribution in [3.63, 3.8) is 0 Å². The minimum Gasteiger partial charge on any atom is -0.311 e. The first kappa shape index (κ1) is 13.8. The number of nitrogens with zero attached hydrogens (tertiary/aromatic N) is 3. The van der Waals surface area contributed by atoms with Crippen LogP contribution in [0.15, 0.2) is 6.20 Å². The molecule has 0 aliphatic heterocycles. The first-order valence-corrected chi connectivity index (χ1v) is 6.89. The Bertz CT molecular complexity index is 409. The van der Waals surface area contributed by atoms with Crippen molar-refractivity contribution in [2.45, 2.75) is 32.4 Å². The zero-order chi connectivity index (χ0) is 13.3. The third-order valence-corrected chi connectivity index (χ3v) is 4.18. The minimum absolute atomic E-state index is 0.301. The normalized spacial score (nSPS) is 19.2. The molecule has 1 heterocycles. The second-order valence-electron chi connectivity index (χ2n) is 5.78. The third-order valence-electron chi connectivity index (χ3n) is 3.89. The first-order chi connectivity index (χ1) is 8.48. The molecule has 0 aromatic carbocycles. The number of rotatable bonds is 6. The maximum absolute atomic E-state index is 6.33. The van der Waals surface area contributed by atoms with Crippen molar-refractivity contribution in [1.29, 1.82) is 0 Å². The zero-order valence-electron chi connectivity index (χ0n) is 11.7. The molecular weight excluding hydrogens is 248 g/mol. The zero-order valence-corrected chi connectivity index (χ0v) is 12.5. The van der Waals surface area contributed by atoms with Gasteiger partial charge < -0.3 is 10.2 Å². The molecule has 1 aliphatic rings. The van der Waals surface area contributed by atoms with Crippen LogP contribution in [0, 0.1) is 5.41 Å². The van der Waals surface area contributed by atoms with E-state index in [0.29, 0.717) is 11.5 Å². The smallest absolute Gasteiger partial charge is 0.0834 e. The molecule has 0 bridgehead atoms. The molecule has 0 radical (unpaired) electrons. The molecular formula is C13H23ClN4. The molecule has 0 spiro atoms. The van der Waals surface area contributed by atoms with Crippen molar-refractivity contribution in [3.8, 4) is 0 Å². The third kappa shape index (κ3) is 2.71. The van der Waals surface area contributed by atoms with Gasteiger partial charge in [-0.05, 0) is 39.4 Å². The van der Waals surface area contributed by atoms with E-state index in [-0.39, 0.29) is 0 Å². The van der Waals surface area contributed by atoms with Crippen LogP contribution in [0.4, 0.5) is 0 Å². The van der Waals surface area contributed by atoms with E-state index in [1.165, 1.54) is 12.8 Å². The van der Waals surface area contributed by atoms with Gasteiger partial charge >= 0.3 is 0 Å². The number of likely N-dealkylation sites (N-methyl/N-ethyl adjacent to an activating group) is 1. The SMILES string of the molecule is CNC(c1c(Cl)cnn1CCN(C)C)C1(C)CC1. The predicted octanol–water partition coefficient (Wildman–Crippen LogP) is 2.16. The van der Waals surface area contributed by atoms with E-state index in [2.05, 4.69) is 36.3 Å². The van der Waals surface area contributed by atoms with Gasteiger partial charge in [0.2, 0.25) is 0 Å². The Morgan fingerprint density at radius 1 is 1.56 bits per heavy atom. The monoisotopic (exact) mass is 270 g/mol. The van der Waals surface area contributed by atoms with E-state index >= 15 is 0 Å². The summed E-state index contributed by atoms with van der Waals surface area (Å²) in [7, 11) is 6.15. The van der Waals surface area contributed by atoms with Crippen LogP contribution in [0.1, 0.15) is 31.5 Å². The van der Waals surface area contributed by atoms with Crippen molar-refractivity contribution in [2.75, 3.05) is 27.7 Å². The second-order valence-corrected chi connectivity index (χ2v) is 6.19. The summed E-state index contributed by atoms with van der Waals surface area (Å²) in [6, 6.07) is 0.301. The summed E-state index contributed by atoms with van der Waals surface area (Å²) in [6.07, 6.45) is 4.28. The van der Waals surface area contributed by atoms with Crippen molar-refractivity contribution in [1.82, 2.24) is 20.0 Å². The van der Waals surface area contributed by atoms with E-state index in [1.54, 1.807) is 6.20 Å². The van der Waals surface area contributed by atoms with E-state index in [9.17, 15) is 0 Å². The van der Waals surface area contributed by atoms with E-state index in [1.807, 2.05) is 11.7 Å². The quantitative estimate of drug-likeness (QED) is 0.860. The highest BCUT2D eigenvalue weighted by atomic mass is 35.5. The van der Waals surface area contributed by atoms with Gasteiger partial charge in [0.1, 0.15) is 0 Å². The van der Waals surface area contributed by atoms with Crippen LogP contribution in [-0.4, -0.2) is 42.4 Å². The molecule has 1 aliphatic carbocycles.